The van der Waals surface area contributed by atoms with E-state index < -0.39 is 0 Å². The first-order chi connectivity index (χ1) is 10.6. The monoisotopic (exact) mass is 299 g/mol. The fraction of sp³-hybridized carbons (Fsp3) is 0.438. The minimum Gasteiger partial charge on any atom is -0.368 e. The molecule has 2 aromatic rings. The Labute approximate surface area is 130 Å². The smallest absolute Gasteiger partial charge is 0.132 e. The van der Waals surface area contributed by atoms with Gasteiger partial charge in [0.15, 0.2) is 0 Å². The summed E-state index contributed by atoms with van der Waals surface area (Å²) < 4.78 is 5.91. The maximum absolute atomic E-state index is 5.91. The number of aromatic nitrogens is 3. The van der Waals surface area contributed by atoms with Crippen LogP contribution in [0.1, 0.15) is 17.6 Å². The fourth-order valence-corrected chi connectivity index (χ4v) is 2.52. The Morgan fingerprint density at radius 1 is 1.23 bits per heavy atom. The molecular formula is C16H21N5O. The molecule has 1 atom stereocenters. The third-order valence-electron chi connectivity index (χ3n) is 3.70. The minimum absolute atomic E-state index is 0.0380. The highest BCUT2D eigenvalue weighted by molar-refractivity contribution is 5.40. The van der Waals surface area contributed by atoms with Crippen LogP contribution in [0, 0.1) is 6.92 Å². The van der Waals surface area contributed by atoms with Gasteiger partial charge in [0.1, 0.15) is 23.6 Å². The van der Waals surface area contributed by atoms with Gasteiger partial charge in [-0.2, -0.15) is 0 Å². The van der Waals surface area contributed by atoms with E-state index in [1.807, 2.05) is 50.2 Å². The van der Waals surface area contributed by atoms with Gasteiger partial charge in [-0.1, -0.05) is 6.07 Å². The molecule has 0 amide bonds. The Hall–Kier alpha value is -2.21. The van der Waals surface area contributed by atoms with Crippen molar-refractivity contribution in [2.45, 2.75) is 13.0 Å². The first-order valence-corrected chi connectivity index (χ1v) is 7.44. The van der Waals surface area contributed by atoms with E-state index in [-0.39, 0.29) is 6.10 Å². The molecule has 0 aliphatic carbocycles. The summed E-state index contributed by atoms with van der Waals surface area (Å²) in [4.78, 5) is 17.6. The molecule has 0 saturated carbocycles. The number of nitrogens with zero attached hydrogens (tertiary/aromatic N) is 5. The number of aryl methyl sites for hydroxylation is 1. The third-order valence-corrected chi connectivity index (χ3v) is 3.70. The van der Waals surface area contributed by atoms with Crippen LogP contribution in [0.15, 0.2) is 30.5 Å². The van der Waals surface area contributed by atoms with Crippen LogP contribution in [0.25, 0.3) is 0 Å². The summed E-state index contributed by atoms with van der Waals surface area (Å²) in [5.41, 5.74) is 0.960. The van der Waals surface area contributed by atoms with Crippen molar-refractivity contribution in [3.05, 3.63) is 42.0 Å². The number of hydrogen-bond acceptors (Lipinski definition) is 6. The van der Waals surface area contributed by atoms with Crippen molar-refractivity contribution in [2.24, 2.45) is 0 Å². The van der Waals surface area contributed by atoms with Gasteiger partial charge < -0.3 is 14.5 Å². The SMILES string of the molecule is Cc1nccc(N2CCO[C@@H](c3cccc(N(C)C)n3)C2)n1. The summed E-state index contributed by atoms with van der Waals surface area (Å²) >= 11 is 0. The fourth-order valence-electron chi connectivity index (χ4n) is 2.52. The zero-order valence-electron chi connectivity index (χ0n) is 13.2. The molecule has 0 unspecified atom stereocenters. The lowest BCUT2D eigenvalue weighted by molar-refractivity contribution is 0.0368. The molecule has 1 saturated heterocycles. The molecule has 2 aromatic heterocycles. The van der Waals surface area contributed by atoms with Crippen LogP contribution in [-0.2, 0) is 4.74 Å². The standard InChI is InChI=1S/C16H21N5O/c1-12-17-8-7-16(18-12)21-9-10-22-14(11-21)13-5-4-6-15(19-13)20(2)3/h4-8,14H,9-11H2,1-3H3/t14-/m1/s1. The summed E-state index contributed by atoms with van der Waals surface area (Å²) in [5, 5.41) is 0. The van der Waals surface area contributed by atoms with Crippen molar-refractivity contribution in [1.82, 2.24) is 15.0 Å². The highest BCUT2D eigenvalue weighted by Crippen LogP contribution is 2.25. The predicted molar refractivity (Wildman–Crippen MR) is 86.2 cm³/mol. The number of hydrogen-bond donors (Lipinski definition) is 0. The maximum Gasteiger partial charge on any atom is 0.132 e. The van der Waals surface area contributed by atoms with E-state index in [1.165, 1.54) is 0 Å². The summed E-state index contributed by atoms with van der Waals surface area (Å²) in [7, 11) is 3.98. The molecule has 0 aromatic carbocycles. The second-order valence-corrected chi connectivity index (χ2v) is 5.58. The van der Waals surface area contributed by atoms with Gasteiger partial charge in [-0.3, -0.25) is 0 Å². The van der Waals surface area contributed by atoms with Gasteiger partial charge in [0, 0.05) is 26.8 Å². The molecule has 0 bridgehead atoms. The van der Waals surface area contributed by atoms with Gasteiger partial charge in [0.05, 0.1) is 18.8 Å². The molecule has 3 rings (SSSR count). The number of morpholine rings is 1. The average molecular weight is 299 g/mol. The molecule has 3 heterocycles. The van der Waals surface area contributed by atoms with Gasteiger partial charge in [-0.25, -0.2) is 15.0 Å². The zero-order chi connectivity index (χ0) is 15.5. The summed E-state index contributed by atoms with van der Waals surface area (Å²) in [6, 6.07) is 7.98. The molecule has 22 heavy (non-hydrogen) atoms. The first kappa shape index (κ1) is 14.7. The van der Waals surface area contributed by atoms with Crippen LogP contribution in [-0.4, -0.2) is 48.7 Å². The van der Waals surface area contributed by atoms with E-state index in [0.717, 1.165) is 36.2 Å². The largest absolute Gasteiger partial charge is 0.368 e. The van der Waals surface area contributed by atoms with Crippen molar-refractivity contribution in [2.75, 3.05) is 43.6 Å². The molecule has 1 fully saturated rings. The average Bonchev–Trinajstić information content (AvgIpc) is 2.55. The predicted octanol–water partition coefficient (Wildman–Crippen LogP) is 1.82. The van der Waals surface area contributed by atoms with Crippen LogP contribution in [0.5, 0.6) is 0 Å². The Bertz CT molecular complexity index is 646. The van der Waals surface area contributed by atoms with Gasteiger partial charge in [0.2, 0.25) is 0 Å². The van der Waals surface area contributed by atoms with Gasteiger partial charge >= 0.3 is 0 Å². The molecular weight excluding hydrogens is 278 g/mol. The second-order valence-electron chi connectivity index (χ2n) is 5.58. The molecule has 0 radical (unpaired) electrons. The topological polar surface area (TPSA) is 54.4 Å². The van der Waals surface area contributed by atoms with Crippen molar-refractivity contribution in [3.63, 3.8) is 0 Å². The molecule has 6 nitrogen and oxygen atoms in total. The van der Waals surface area contributed by atoms with E-state index >= 15 is 0 Å². The lowest BCUT2D eigenvalue weighted by Crippen LogP contribution is -2.39. The first-order valence-electron chi connectivity index (χ1n) is 7.44. The normalized spacial score (nSPS) is 18.3. The van der Waals surface area contributed by atoms with Gasteiger partial charge in [-0.05, 0) is 25.1 Å². The van der Waals surface area contributed by atoms with Crippen molar-refractivity contribution >= 4 is 11.6 Å². The second kappa shape index (κ2) is 6.27. The Morgan fingerprint density at radius 2 is 2.09 bits per heavy atom. The lowest BCUT2D eigenvalue weighted by atomic mass is 10.2. The maximum atomic E-state index is 5.91. The quantitative estimate of drug-likeness (QED) is 0.862. The van der Waals surface area contributed by atoms with Crippen molar-refractivity contribution in [3.8, 4) is 0 Å². The number of pyridine rings is 1. The summed E-state index contributed by atoms with van der Waals surface area (Å²) in [6.45, 7) is 4.16. The van der Waals surface area contributed by atoms with Crippen molar-refractivity contribution < 1.29 is 4.74 Å². The minimum atomic E-state index is -0.0380. The molecule has 6 heteroatoms. The Balaban J connectivity index is 1.79. The van der Waals surface area contributed by atoms with E-state index in [9.17, 15) is 0 Å². The van der Waals surface area contributed by atoms with E-state index in [2.05, 4.69) is 19.9 Å². The number of rotatable bonds is 3. The lowest BCUT2D eigenvalue weighted by Gasteiger charge is -2.33. The zero-order valence-corrected chi connectivity index (χ0v) is 13.2. The van der Waals surface area contributed by atoms with E-state index in [4.69, 9.17) is 4.74 Å². The number of ether oxygens (including phenoxy) is 1. The third kappa shape index (κ3) is 3.17. The molecule has 0 spiro atoms. The van der Waals surface area contributed by atoms with E-state index in [1.54, 1.807) is 6.20 Å². The van der Waals surface area contributed by atoms with Gasteiger partial charge in [-0.15, -0.1) is 0 Å². The highest BCUT2D eigenvalue weighted by atomic mass is 16.5. The van der Waals surface area contributed by atoms with Gasteiger partial charge in [0.25, 0.3) is 0 Å². The molecule has 1 aliphatic heterocycles. The molecule has 1 aliphatic rings. The Morgan fingerprint density at radius 3 is 2.86 bits per heavy atom. The molecule has 116 valence electrons. The van der Waals surface area contributed by atoms with Crippen molar-refractivity contribution in [1.29, 1.82) is 0 Å². The van der Waals surface area contributed by atoms with Crippen LogP contribution >= 0.6 is 0 Å². The number of anilines is 2. The van der Waals surface area contributed by atoms with Crippen LogP contribution in [0.3, 0.4) is 0 Å². The summed E-state index contributed by atoms with van der Waals surface area (Å²) in [5.74, 6) is 2.67. The molecule has 0 N–H and O–H groups in total. The highest BCUT2D eigenvalue weighted by Gasteiger charge is 2.24. The van der Waals surface area contributed by atoms with Crippen LogP contribution < -0.4 is 9.80 Å². The Kier molecular flexibility index (Phi) is 4.20. The van der Waals surface area contributed by atoms with E-state index in [0.29, 0.717) is 6.61 Å². The van der Waals surface area contributed by atoms with Crippen LogP contribution in [0.2, 0.25) is 0 Å². The van der Waals surface area contributed by atoms with Crippen LogP contribution in [0.4, 0.5) is 11.6 Å². The summed E-state index contributed by atoms with van der Waals surface area (Å²) in [6.07, 6.45) is 1.76.